The molecule has 0 saturated carbocycles. The van der Waals surface area contributed by atoms with E-state index in [0.29, 0.717) is 18.6 Å². The van der Waals surface area contributed by atoms with Gasteiger partial charge in [-0.05, 0) is 77.9 Å². The SMILES string of the molecule is COc1ccc(S(=O)(=O)N2CCC(C(=O)Nc3ccc(I)cc3)CC2)cc1Cl. The van der Waals surface area contributed by atoms with E-state index in [-0.39, 0.29) is 34.8 Å². The number of hydrogen-bond acceptors (Lipinski definition) is 4. The van der Waals surface area contributed by atoms with Crippen LogP contribution in [0.3, 0.4) is 0 Å². The molecule has 1 aliphatic heterocycles. The van der Waals surface area contributed by atoms with Crippen LogP contribution in [0.1, 0.15) is 12.8 Å². The van der Waals surface area contributed by atoms with Crippen molar-refractivity contribution in [2.75, 3.05) is 25.5 Å². The summed E-state index contributed by atoms with van der Waals surface area (Å²) in [6.45, 7) is 0.577. The van der Waals surface area contributed by atoms with Crippen LogP contribution < -0.4 is 10.1 Å². The Hall–Kier alpha value is -1.36. The van der Waals surface area contributed by atoms with Crippen LogP contribution in [0.5, 0.6) is 5.75 Å². The molecule has 28 heavy (non-hydrogen) atoms. The first-order valence-electron chi connectivity index (χ1n) is 8.71. The standard InChI is InChI=1S/C19H20ClIN2O4S/c1-27-18-7-6-16(12-17(18)20)28(25,26)23-10-8-13(9-11-23)19(24)22-15-4-2-14(21)3-5-15/h2-7,12-13H,8-11H2,1H3,(H,22,24). The second kappa shape index (κ2) is 8.98. The van der Waals surface area contributed by atoms with Gasteiger partial charge in [0.1, 0.15) is 5.75 Å². The maximum absolute atomic E-state index is 12.9. The third-order valence-corrected chi connectivity index (χ3v) is 7.61. The maximum atomic E-state index is 12.9. The first kappa shape index (κ1) is 21.4. The summed E-state index contributed by atoms with van der Waals surface area (Å²) >= 11 is 8.27. The average molecular weight is 535 g/mol. The fraction of sp³-hybridized carbons (Fsp3) is 0.316. The van der Waals surface area contributed by atoms with Crippen LogP contribution in [0.25, 0.3) is 0 Å². The summed E-state index contributed by atoms with van der Waals surface area (Å²) in [6, 6.07) is 12.0. The number of carbonyl (C=O) groups is 1. The molecule has 0 radical (unpaired) electrons. The van der Waals surface area contributed by atoms with Crippen molar-refractivity contribution in [1.29, 1.82) is 0 Å². The second-order valence-electron chi connectivity index (χ2n) is 6.47. The Balaban J connectivity index is 1.63. The van der Waals surface area contributed by atoms with E-state index >= 15 is 0 Å². The van der Waals surface area contributed by atoms with E-state index in [2.05, 4.69) is 27.9 Å². The third-order valence-electron chi connectivity index (χ3n) is 4.70. The molecule has 2 aromatic rings. The summed E-state index contributed by atoms with van der Waals surface area (Å²) in [6.07, 6.45) is 0.943. The van der Waals surface area contributed by atoms with Crippen molar-refractivity contribution in [3.63, 3.8) is 0 Å². The number of benzene rings is 2. The Morgan fingerprint density at radius 1 is 1.18 bits per heavy atom. The van der Waals surface area contributed by atoms with Gasteiger partial charge in [0, 0.05) is 28.3 Å². The molecular formula is C19H20ClIN2O4S. The van der Waals surface area contributed by atoms with Crippen molar-refractivity contribution in [1.82, 2.24) is 4.31 Å². The minimum atomic E-state index is -3.66. The molecular weight excluding hydrogens is 515 g/mol. The molecule has 1 aliphatic rings. The highest BCUT2D eigenvalue weighted by atomic mass is 127. The quantitative estimate of drug-likeness (QED) is 0.589. The predicted octanol–water partition coefficient (Wildman–Crippen LogP) is 3.99. The smallest absolute Gasteiger partial charge is 0.243 e. The van der Waals surface area contributed by atoms with Crippen molar-refractivity contribution < 1.29 is 17.9 Å². The molecule has 1 amide bonds. The zero-order valence-electron chi connectivity index (χ0n) is 15.2. The highest BCUT2D eigenvalue weighted by Crippen LogP contribution is 2.30. The molecule has 1 saturated heterocycles. The van der Waals surface area contributed by atoms with Gasteiger partial charge >= 0.3 is 0 Å². The topological polar surface area (TPSA) is 75.7 Å². The highest BCUT2D eigenvalue weighted by molar-refractivity contribution is 14.1. The molecule has 6 nitrogen and oxygen atoms in total. The van der Waals surface area contributed by atoms with E-state index < -0.39 is 10.0 Å². The number of rotatable bonds is 5. The number of hydrogen-bond donors (Lipinski definition) is 1. The first-order valence-corrected chi connectivity index (χ1v) is 11.6. The molecule has 2 aromatic carbocycles. The summed E-state index contributed by atoms with van der Waals surface area (Å²) < 4.78 is 33.3. The number of sulfonamides is 1. The highest BCUT2D eigenvalue weighted by Gasteiger charge is 2.32. The Morgan fingerprint density at radius 2 is 1.82 bits per heavy atom. The summed E-state index contributed by atoms with van der Waals surface area (Å²) in [5.74, 6) is 0.127. The monoisotopic (exact) mass is 534 g/mol. The molecule has 0 aliphatic carbocycles. The van der Waals surface area contributed by atoms with Gasteiger partial charge in [0.15, 0.2) is 0 Å². The van der Waals surface area contributed by atoms with Crippen molar-refractivity contribution in [2.24, 2.45) is 5.92 Å². The Labute approximate surface area is 183 Å². The maximum Gasteiger partial charge on any atom is 0.243 e. The second-order valence-corrected chi connectivity index (χ2v) is 10.1. The molecule has 0 unspecified atom stereocenters. The van der Waals surface area contributed by atoms with Crippen LogP contribution in [-0.4, -0.2) is 38.8 Å². The third kappa shape index (κ3) is 4.79. The van der Waals surface area contributed by atoms with Gasteiger partial charge in [0.2, 0.25) is 15.9 Å². The summed E-state index contributed by atoms with van der Waals surface area (Å²) in [5.41, 5.74) is 0.744. The minimum Gasteiger partial charge on any atom is -0.495 e. The van der Waals surface area contributed by atoms with Crippen molar-refractivity contribution in [2.45, 2.75) is 17.7 Å². The number of amides is 1. The van der Waals surface area contributed by atoms with Crippen LogP contribution in [-0.2, 0) is 14.8 Å². The van der Waals surface area contributed by atoms with Crippen LogP contribution in [0, 0.1) is 9.49 Å². The molecule has 3 rings (SSSR count). The largest absolute Gasteiger partial charge is 0.495 e. The van der Waals surface area contributed by atoms with Gasteiger partial charge in [-0.1, -0.05) is 11.6 Å². The zero-order chi connectivity index (χ0) is 20.3. The predicted molar refractivity (Wildman–Crippen MR) is 117 cm³/mol. The number of nitrogens with zero attached hydrogens (tertiary/aromatic N) is 1. The van der Waals surface area contributed by atoms with Gasteiger partial charge in [-0.2, -0.15) is 4.31 Å². The van der Waals surface area contributed by atoms with Crippen molar-refractivity contribution in [3.05, 3.63) is 51.1 Å². The number of carbonyl (C=O) groups excluding carboxylic acids is 1. The van der Waals surface area contributed by atoms with E-state index in [4.69, 9.17) is 16.3 Å². The zero-order valence-corrected chi connectivity index (χ0v) is 18.9. The number of piperidine rings is 1. The fourth-order valence-electron chi connectivity index (χ4n) is 3.09. The lowest BCUT2D eigenvalue weighted by atomic mass is 9.97. The lowest BCUT2D eigenvalue weighted by Gasteiger charge is -2.30. The molecule has 1 N–H and O–H groups in total. The Bertz CT molecular complexity index is 958. The van der Waals surface area contributed by atoms with Crippen molar-refractivity contribution in [3.8, 4) is 5.75 Å². The Morgan fingerprint density at radius 3 is 2.39 bits per heavy atom. The molecule has 0 bridgehead atoms. The average Bonchev–Trinajstić information content (AvgIpc) is 2.69. The fourth-order valence-corrected chi connectivity index (χ4v) is 5.27. The van der Waals surface area contributed by atoms with E-state index in [0.717, 1.165) is 9.26 Å². The molecule has 1 heterocycles. The van der Waals surface area contributed by atoms with E-state index in [1.807, 2.05) is 24.3 Å². The van der Waals surface area contributed by atoms with Gasteiger partial charge in [-0.3, -0.25) is 4.79 Å². The number of anilines is 1. The lowest BCUT2D eigenvalue weighted by molar-refractivity contribution is -0.120. The van der Waals surface area contributed by atoms with Gasteiger partial charge in [-0.25, -0.2) is 8.42 Å². The lowest BCUT2D eigenvalue weighted by Crippen LogP contribution is -2.41. The van der Waals surface area contributed by atoms with Gasteiger partial charge in [-0.15, -0.1) is 0 Å². The number of halogens is 2. The van der Waals surface area contributed by atoms with E-state index in [1.54, 1.807) is 0 Å². The van der Waals surface area contributed by atoms with Crippen LogP contribution in [0.15, 0.2) is 47.4 Å². The molecule has 1 fully saturated rings. The number of ether oxygens (including phenoxy) is 1. The molecule has 0 spiro atoms. The molecule has 9 heteroatoms. The van der Waals surface area contributed by atoms with Gasteiger partial charge < -0.3 is 10.1 Å². The molecule has 0 atom stereocenters. The minimum absolute atomic E-state index is 0.0780. The van der Waals surface area contributed by atoms with Crippen LogP contribution in [0.2, 0.25) is 5.02 Å². The number of methoxy groups -OCH3 is 1. The van der Waals surface area contributed by atoms with E-state index in [1.165, 1.54) is 29.6 Å². The molecule has 0 aromatic heterocycles. The first-order chi connectivity index (χ1) is 13.3. The summed E-state index contributed by atoms with van der Waals surface area (Å²) in [7, 11) is -2.19. The van der Waals surface area contributed by atoms with Crippen molar-refractivity contribution >= 4 is 55.8 Å². The number of nitrogens with one attached hydrogen (secondary N) is 1. The summed E-state index contributed by atoms with van der Waals surface area (Å²) in [4.78, 5) is 12.6. The normalized spacial score (nSPS) is 16.0. The van der Waals surface area contributed by atoms with Gasteiger partial charge in [0.05, 0.1) is 17.0 Å². The van der Waals surface area contributed by atoms with Gasteiger partial charge in [0.25, 0.3) is 0 Å². The Kier molecular flexibility index (Phi) is 6.85. The molecule has 150 valence electrons. The van der Waals surface area contributed by atoms with E-state index in [9.17, 15) is 13.2 Å². The van der Waals surface area contributed by atoms with Crippen LogP contribution in [0.4, 0.5) is 5.69 Å². The summed E-state index contributed by atoms with van der Waals surface area (Å²) in [5, 5.41) is 3.15. The van der Waals surface area contributed by atoms with Crippen LogP contribution >= 0.6 is 34.2 Å².